The van der Waals surface area contributed by atoms with Gasteiger partial charge in [0.2, 0.25) is 5.78 Å². The van der Waals surface area contributed by atoms with Crippen LogP contribution >= 0.6 is 11.6 Å². The van der Waals surface area contributed by atoms with E-state index >= 15 is 0 Å². The van der Waals surface area contributed by atoms with Crippen molar-refractivity contribution in [1.29, 1.82) is 0 Å². The van der Waals surface area contributed by atoms with Gasteiger partial charge in [-0.3, -0.25) is 4.79 Å². The summed E-state index contributed by atoms with van der Waals surface area (Å²) in [4.78, 5) is 27.4. The van der Waals surface area contributed by atoms with Gasteiger partial charge in [0.25, 0.3) is 0 Å². The van der Waals surface area contributed by atoms with Gasteiger partial charge in [-0.05, 0) is 39.3 Å². The molecule has 1 saturated heterocycles. The third-order valence-corrected chi connectivity index (χ3v) is 5.72. The SMILES string of the molecule is CC(Cl)[C@]1(O)C[C@@H](C)[C@@](C)(O)CO/C2=C/CN(C)CC[C@@H](OC1=O)C2=O. The van der Waals surface area contributed by atoms with Crippen LogP contribution in [0.15, 0.2) is 11.8 Å². The highest BCUT2D eigenvalue weighted by Gasteiger charge is 2.49. The lowest BCUT2D eigenvalue weighted by molar-refractivity contribution is -0.176. The quantitative estimate of drug-likeness (QED) is 0.507. The van der Waals surface area contributed by atoms with E-state index in [1.165, 1.54) is 13.8 Å². The zero-order chi connectivity index (χ0) is 19.7. The number of Topliss-reactive ketones (excluding diaryl/α,β-unsaturated/α-hetero) is 1. The lowest BCUT2D eigenvalue weighted by Gasteiger charge is -2.36. The van der Waals surface area contributed by atoms with Crippen molar-refractivity contribution >= 4 is 23.4 Å². The Labute approximate surface area is 158 Å². The molecule has 2 bridgehead atoms. The van der Waals surface area contributed by atoms with Crippen LogP contribution in [0, 0.1) is 5.92 Å². The molecule has 1 fully saturated rings. The molecule has 0 aromatic rings. The van der Waals surface area contributed by atoms with Crippen molar-refractivity contribution in [3.63, 3.8) is 0 Å². The van der Waals surface area contributed by atoms with E-state index in [-0.39, 0.29) is 25.2 Å². The fourth-order valence-corrected chi connectivity index (χ4v) is 3.17. The highest BCUT2D eigenvalue weighted by molar-refractivity contribution is 6.23. The van der Waals surface area contributed by atoms with Crippen LogP contribution in [0.1, 0.15) is 33.6 Å². The molecule has 1 unspecified atom stereocenters. The smallest absolute Gasteiger partial charge is 0.340 e. The number of ketones is 1. The Morgan fingerprint density at radius 3 is 2.65 bits per heavy atom. The first-order chi connectivity index (χ1) is 12.0. The summed E-state index contributed by atoms with van der Waals surface area (Å²) in [6, 6.07) is 0. The van der Waals surface area contributed by atoms with Gasteiger partial charge in [0.05, 0.1) is 11.0 Å². The molecule has 148 valence electrons. The highest BCUT2D eigenvalue weighted by atomic mass is 35.5. The molecular formula is C18H28ClNO6. The summed E-state index contributed by atoms with van der Waals surface area (Å²) in [6.45, 7) is 5.60. The van der Waals surface area contributed by atoms with Crippen molar-refractivity contribution in [1.82, 2.24) is 4.90 Å². The molecule has 0 aromatic carbocycles. The minimum Gasteiger partial charge on any atom is -0.487 e. The molecule has 26 heavy (non-hydrogen) atoms. The number of halogens is 1. The highest BCUT2D eigenvalue weighted by Crippen LogP contribution is 2.34. The Morgan fingerprint density at radius 2 is 2.04 bits per heavy atom. The molecule has 2 N–H and O–H groups in total. The van der Waals surface area contributed by atoms with Gasteiger partial charge in [0.15, 0.2) is 17.5 Å². The molecule has 0 radical (unpaired) electrons. The summed E-state index contributed by atoms with van der Waals surface area (Å²) in [7, 11) is 1.87. The zero-order valence-electron chi connectivity index (χ0n) is 15.7. The Bertz CT molecular complexity index is 590. The van der Waals surface area contributed by atoms with E-state index in [2.05, 4.69) is 0 Å². The monoisotopic (exact) mass is 389 g/mol. The predicted molar refractivity (Wildman–Crippen MR) is 95.7 cm³/mol. The lowest BCUT2D eigenvalue weighted by atomic mass is 9.80. The van der Waals surface area contributed by atoms with Gasteiger partial charge < -0.3 is 24.6 Å². The molecule has 0 amide bonds. The minimum absolute atomic E-state index is 0.0613. The molecule has 2 aliphatic heterocycles. The molecular weight excluding hydrogens is 362 g/mol. The maximum atomic E-state index is 12.8. The first kappa shape index (κ1) is 21.2. The number of alkyl halides is 1. The van der Waals surface area contributed by atoms with Crippen molar-refractivity contribution in [2.24, 2.45) is 5.92 Å². The largest absolute Gasteiger partial charge is 0.487 e. The van der Waals surface area contributed by atoms with Crippen LogP contribution < -0.4 is 0 Å². The van der Waals surface area contributed by atoms with Crippen LogP contribution in [0.4, 0.5) is 0 Å². The van der Waals surface area contributed by atoms with Gasteiger partial charge >= 0.3 is 5.97 Å². The third-order valence-electron chi connectivity index (χ3n) is 5.36. The number of likely N-dealkylation sites (N-methyl/N-ethyl adjacent to an activating group) is 1. The predicted octanol–water partition coefficient (Wildman–Crippen LogP) is 0.852. The molecule has 2 heterocycles. The number of hydrogen-bond donors (Lipinski definition) is 2. The normalized spacial score (nSPS) is 40.8. The van der Waals surface area contributed by atoms with Crippen LogP contribution in [-0.2, 0) is 19.1 Å². The van der Waals surface area contributed by atoms with Crippen molar-refractivity contribution < 1.29 is 29.3 Å². The van der Waals surface area contributed by atoms with Gasteiger partial charge in [0.1, 0.15) is 6.61 Å². The molecule has 8 heteroatoms. The number of rotatable bonds is 1. The number of carbonyl (C=O) groups excluding carboxylic acids is 2. The second kappa shape index (κ2) is 7.84. The summed E-state index contributed by atoms with van der Waals surface area (Å²) in [5.74, 6) is -1.90. The molecule has 5 atom stereocenters. The standard InChI is InChI=1S/C18H28ClNO6/c1-11-9-18(24,12(2)19)16(22)26-14-6-8-20(4)7-5-13(15(14)21)25-10-17(11,3)23/h5,11-12,14,23-24H,6-10H2,1-4H3/b13-5+/t11-,12?,14-,17+,18-/m1/s1. The van der Waals surface area contributed by atoms with Crippen molar-refractivity contribution in [3.8, 4) is 0 Å². The van der Waals surface area contributed by atoms with Crippen LogP contribution in [0.5, 0.6) is 0 Å². The van der Waals surface area contributed by atoms with Crippen molar-refractivity contribution in [3.05, 3.63) is 11.8 Å². The molecule has 0 aromatic heterocycles. The lowest BCUT2D eigenvalue weighted by Crippen LogP contribution is -2.52. The Hall–Kier alpha value is -1.15. The van der Waals surface area contributed by atoms with E-state index in [9.17, 15) is 19.8 Å². The maximum Gasteiger partial charge on any atom is 0.340 e. The maximum absolute atomic E-state index is 12.8. The third kappa shape index (κ3) is 4.39. The Balaban J connectivity index is 2.47. The van der Waals surface area contributed by atoms with E-state index in [0.29, 0.717) is 13.1 Å². The molecule has 2 aliphatic rings. The van der Waals surface area contributed by atoms with Crippen LogP contribution in [0.25, 0.3) is 0 Å². The topological polar surface area (TPSA) is 96.3 Å². The number of ether oxygens (including phenoxy) is 2. The number of hydrogen-bond acceptors (Lipinski definition) is 7. The van der Waals surface area contributed by atoms with Gasteiger partial charge in [0, 0.05) is 19.5 Å². The van der Waals surface area contributed by atoms with E-state index in [0.717, 1.165) is 0 Å². The van der Waals surface area contributed by atoms with E-state index < -0.39 is 40.4 Å². The first-order valence-corrected chi connectivity index (χ1v) is 9.26. The van der Waals surface area contributed by atoms with Crippen LogP contribution in [-0.4, -0.2) is 76.3 Å². The Morgan fingerprint density at radius 1 is 1.38 bits per heavy atom. The molecule has 7 nitrogen and oxygen atoms in total. The zero-order valence-corrected chi connectivity index (χ0v) is 16.5. The van der Waals surface area contributed by atoms with Crippen molar-refractivity contribution in [2.75, 3.05) is 26.7 Å². The summed E-state index contributed by atoms with van der Waals surface area (Å²) in [6.07, 6.45) is 0.710. The minimum atomic E-state index is -2.02. The van der Waals surface area contributed by atoms with Gasteiger partial charge in [-0.2, -0.15) is 0 Å². The number of fused-ring (bicyclic) bond motifs is 2. The fourth-order valence-electron chi connectivity index (χ4n) is 2.99. The molecule has 0 saturated carbocycles. The summed E-state index contributed by atoms with van der Waals surface area (Å²) < 4.78 is 11.0. The van der Waals surface area contributed by atoms with Gasteiger partial charge in [-0.1, -0.05) is 6.92 Å². The number of carbonyl (C=O) groups is 2. The first-order valence-electron chi connectivity index (χ1n) is 8.83. The molecule has 0 spiro atoms. The molecule has 0 aliphatic carbocycles. The average molecular weight is 390 g/mol. The number of nitrogens with zero attached hydrogens (tertiary/aromatic N) is 1. The van der Waals surface area contributed by atoms with E-state index in [1.807, 2.05) is 11.9 Å². The van der Waals surface area contributed by atoms with E-state index in [1.54, 1.807) is 13.0 Å². The van der Waals surface area contributed by atoms with Crippen LogP contribution in [0.3, 0.4) is 0 Å². The second-order valence-corrected chi connectivity index (χ2v) is 8.32. The number of esters is 1. The summed E-state index contributed by atoms with van der Waals surface area (Å²) in [5.41, 5.74) is -3.40. The number of aliphatic hydroxyl groups is 2. The van der Waals surface area contributed by atoms with E-state index in [4.69, 9.17) is 21.1 Å². The van der Waals surface area contributed by atoms with Gasteiger partial charge in [-0.25, -0.2) is 4.79 Å². The Kier molecular flexibility index (Phi) is 6.38. The summed E-state index contributed by atoms with van der Waals surface area (Å²) >= 11 is 6.09. The van der Waals surface area contributed by atoms with Crippen LogP contribution in [0.2, 0.25) is 0 Å². The second-order valence-electron chi connectivity index (χ2n) is 7.67. The van der Waals surface area contributed by atoms with Crippen molar-refractivity contribution in [2.45, 2.75) is 56.3 Å². The average Bonchev–Trinajstić information content (AvgIpc) is 2.56. The fraction of sp³-hybridized carbons (Fsp3) is 0.778. The van der Waals surface area contributed by atoms with Gasteiger partial charge in [-0.15, -0.1) is 11.6 Å². The summed E-state index contributed by atoms with van der Waals surface area (Å²) in [5, 5.41) is 20.7. The molecule has 2 rings (SSSR count).